The molecule has 0 aromatic heterocycles. The fraction of sp³-hybridized carbons (Fsp3) is 0.100. The zero-order chi connectivity index (χ0) is 27.6. The van der Waals surface area contributed by atoms with Gasteiger partial charge in [0.1, 0.15) is 23.9 Å². The number of amides is 1. The summed E-state index contributed by atoms with van der Waals surface area (Å²) < 4.78 is 17.5. The minimum Gasteiger partial charge on any atom is -0.494 e. The first-order valence-electron chi connectivity index (χ1n) is 12.0. The maximum Gasteiger partial charge on any atom is 0.343 e. The number of rotatable bonds is 10. The second-order valence-corrected chi connectivity index (χ2v) is 9.52. The van der Waals surface area contributed by atoms with Gasteiger partial charge in [-0.2, -0.15) is 5.10 Å². The molecule has 4 aromatic carbocycles. The monoisotopic (exact) mass is 606 g/mol. The van der Waals surface area contributed by atoms with Crippen LogP contribution >= 0.6 is 27.5 Å². The van der Waals surface area contributed by atoms with E-state index in [9.17, 15) is 9.59 Å². The summed E-state index contributed by atoms with van der Waals surface area (Å²) in [5, 5.41) is 4.71. The predicted octanol–water partition coefficient (Wildman–Crippen LogP) is 7.06. The molecule has 0 aliphatic heterocycles. The third-order valence-corrected chi connectivity index (χ3v) is 6.13. The molecule has 0 radical (unpaired) electrons. The molecule has 0 bridgehead atoms. The molecule has 1 N–H and O–H groups in total. The van der Waals surface area contributed by atoms with E-state index in [1.54, 1.807) is 78.9 Å². The van der Waals surface area contributed by atoms with Gasteiger partial charge >= 0.3 is 5.97 Å². The molecule has 0 saturated heterocycles. The highest BCUT2D eigenvalue weighted by molar-refractivity contribution is 9.10. The van der Waals surface area contributed by atoms with Crippen molar-refractivity contribution in [3.63, 3.8) is 0 Å². The molecule has 1 amide bonds. The van der Waals surface area contributed by atoms with Crippen molar-refractivity contribution in [3.8, 4) is 17.2 Å². The van der Waals surface area contributed by atoms with Gasteiger partial charge in [0.2, 0.25) is 0 Å². The second kappa shape index (κ2) is 13.6. The Labute approximate surface area is 239 Å². The van der Waals surface area contributed by atoms with Crippen LogP contribution in [-0.4, -0.2) is 24.7 Å². The molecule has 4 rings (SSSR count). The summed E-state index contributed by atoms with van der Waals surface area (Å²) in [5.74, 6) is 0.646. The van der Waals surface area contributed by atoms with Crippen molar-refractivity contribution in [2.24, 2.45) is 5.10 Å². The third kappa shape index (κ3) is 8.17. The number of hydrogen-bond acceptors (Lipinski definition) is 6. The van der Waals surface area contributed by atoms with Crippen LogP contribution in [0.25, 0.3) is 0 Å². The van der Waals surface area contributed by atoms with E-state index in [0.717, 1.165) is 10.0 Å². The maximum atomic E-state index is 12.7. The Balaban J connectivity index is 1.35. The fourth-order valence-corrected chi connectivity index (χ4v) is 3.91. The first-order chi connectivity index (χ1) is 18.9. The van der Waals surface area contributed by atoms with Crippen molar-refractivity contribution in [2.45, 2.75) is 13.5 Å². The standard InChI is InChI=1S/C30H24BrClN2O5/c1-2-37-26-14-7-22(8-15-26)30(36)39-28-16-9-24(31)17-23(28)18-33-34-29(35)21-5-12-27(13-6-21)38-19-20-3-10-25(32)11-4-20/h3-18H,2,19H2,1H3,(H,34,35)/b33-18-. The molecule has 0 unspecified atom stereocenters. The average molecular weight is 608 g/mol. The van der Waals surface area contributed by atoms with Crippen LogP contribution in [0.5, 0.6) is 17.2 Å². The Morgan fingerprint density at radius 3 is 2.18 bits per heavy atom. The predicted molar refractivity (Wildman–Crippen MR) is 154 cm³/mol. The molecule has 7 nitrogen and oxygen atoms in total. The summed E-state index contributed by atoms with van der Waals surface area (Å²) in [6.07, 6.45) is 1.41. The number of nitrogens with zero attached hydrogens (tertiary/aromatic N) is 1. The van der Waals surface area contributed by atoms with E-state index in [4.69, 9.17) is 25.8 Å². The number of ether oxygens (including phenoxy) is 3. The Kier molecular flexibility index (Phi) is 9.72. The molecular formula is C30H24BrClN2O5. The van der Waals surface area contributed by atoms with Crippen LogP contribution in [0, 0.1) is 0 Å². The van der Waals surface area contributed by atoms with Crippen LogP contribution in [-0.2, 0) is 6.61 Å². The van der Waals surface area contributed by atoms with Gasteiger partial charge in [-0.15, -0.1) is 0 Å². The normalized spacial score (nSPS) is 10.7. The van der Waals surface area contributed by atoms with E-state index in [0.29, 0.717) is 46.4 Å². The highest BCUT2D eigenvalue weighted by Crippen LogP contribution is 2.23. The molecule has 198 valence electrons. The van der Waals surface area contributed by atoms with Gasteiger partial charge in [0.15, 0.2) is 0 Å². The van der Waals surface area contributed by atoms with Gasteiger partial charge in [-0.05, 0) is 91.3 Å². The van der Waals surface area contributed by atoms with E-state index < -0.39 is 11.9 Å². The molecular weight excluding hydrogens is 584 g/mol. The number of halogens is 2. The van der Waals surface area contributed by atoms with Crippen LogP contribution in [0.1, 0.15) is 38.8 Å². The lowest BCUT2D eigenvalue weighted by molar-refractivity contribution is 0.0734. The fourth-order valence-electron chi connectivity index (χ4n) is 3.40. The van der Waals surface area contributed by atoms with E-state index in [1.165, 1.54) is 6.21 Å². The number of esters is 1. The van der Waals surface area contributed by atoms with Crippen LogP contribution in [0.3, 0.4) is 0 Å². The van der Waals surface area contributed by atoms with E-state index in [2.05, 4.69) is 26.5 Å². The van der Waals surface area contributed by atoms with Crippen molar-refractivity contribution < 1.29 is 23.8 Å². The van der Waals surface area contributed by atoms with Crippen molar-refractivity contribution in [2.75, 3.05) is 6.61 Å². The molecule has 0 aliphatic carbocycles. The molecule has 39 heavy (non-hydrogen) atoms. The Morgan fingerprint density at radius 2 is 1.51 bits per heavy atom. The summed E-state index contributed by atoms with van der Waals surface area (Å²) >= 11 is 9.31. The van der Waals surface area contributed by atoms with Gasteiger partial charge in [0.25, 0.3) is 5.91 Å². The summed E-state index contributed by atoms with van der Waals surface area (Å²) in [4.78, 5) is 25.2. The molecule has 0 fully saturated rings. The number of carbonyl (C=O) groups excluding carboxylic acids is 2. The van der Waals surface area contributed by atoms with E-state index >= 15 is 0 Å². The van der Waals surface area contributed by atoms with Crippen molar-refractivity contribution in [3.05, 3.63) is 123 Å². The summed E-state index contributed by atoms with van der Waals surface area (Å²) in [5.41, 5.74) is 4.74. The summed E-state index contributed by atoms with van der Waals surface area (Å²) in [6.45, 7) is 2.80. The zero-order valence-electron chi connectivity index (χ0n) is 20.9. The van der Waals surface area contributed by atoms with Crippen molar-refractivity contribution in [1.29, 1.82) is 0 Å². The first kappa shape index (κ1) is 27.9. The molecule has 4 aromatic rings. The van der Waals surface area contributed by atoms with Gasteiger partial charge in [0.05, 0.1) is 18.4 Å². The number of nitrogens with one attached hydrogen (secondary N) is 1. The number of hydrogen-bond donors (Lipinski definition) is 1. The number of hydrazone groups is 1. The van der Waals surface area contributed by atoms with Crippen LogP contribution < -0.4 is 19.6 Å². The zero-order valence-corrected chi connectivity index (χ0v) is 23.2. The smallest absolute Gasteiger partial charge is 0.343 e. The van der Waals surface area contributed by atoms with Crippen LogP contribution in [0.15, 0.2) is 101 Å². The lowest BCUT2D eigenvalue weighted by Crippen LogP contribution is -2.17. The lowest BCUT2D eigenvalue weighted by Gasteiger charge is -2.09. The lowest BCUT2D eigenvalue weighted by atomic mass is 10.2. The van der Waals surface area contributed by atoms with E-state index in [-0.39, 0.29) is 5.75 Å². The topological polar surface area (TPSA) is 86.2 Å². The Bertz CT molecular complexity index is 1460. The Hall–Kier alpha value is -4.14. The number of carbonyl (C=O) groups is 2. The Morgan fingerprint density at radius 1 is 0.872 bits per heavy atom. The van der Waals surface area contributed by atoms with Gasteiger partial charge < -0.3 is 14.2 Å². The quantitative estimate of drug-likeness (QED) is 0.0903. The van der Waals surface area contributed by atoms with Crippen LogP contribution in [0.2, 0.25) is 5.02 Å². The van der Waals surface area contributed by atoms with Gasteiger partial charge in [-0.3, -0.25) is 4.79 Å². The average Bonchev–Trinajstić information content (AvgIpc) is 2.95. The second-order valence-electron chi connectivity index (χ2n) is 8.17. The highest BCUT2D eigenvalue weighted by atomic mass is 79.9. The summed E-state index contributed by atoms with van der Waals surface area (Å²) in [6, 6.07) is 25.9. The van der Waals surface area contributed by atoms with Crippen LogP contribution in [0.4, 0.5) is 0 Å². The summed E-state index contributed by atoms with van der Waals surface area (Å²) in [7, 11) is 0. The SMILES string of the molecule is CCOc1ccc(C(=O)Oc2ccc(Br)cc2/C=N\NC(=O)c2ccc(OCc3ccc(Cl)cc3)cc2)cc1. The van der Waals surface area contributed by atoms with Crippen molar-refractivity contribution in [1.82, 2.24) is 5.43 Å². The van der Waals surface area contributed by atoms with Crippen molar-refractivity contribution >= 4 is 45.6 Å². The first-order valence-corrected chi connectivity index (χ1v) is 13.1. The molecule has 9 heteroatoms. The minimum atomic E-state index is -0.530. The number of benzene rings is 4. The van der Waals surface area contributed by atoms with Gasteiger partial charge in [0, 0.05) is 20.6 Å². The molecule has 0 aliphatic rings. The van der Waals surface area contributed by atoms with E-state index in [1.807, 2.05) is 19.1 Å². The maximum absolute atomic E-state index is 12.7. The molecule has 0 heterocycles. The van der Waals surface area contributed by atoms with Gasteiger partial charge in [-0.25, -0.2) is 10.2 Å². The largest absolute Gasteiger partial charge is 0.494 e. The molecule has 0 saturated carbocycles. The highest BCUT2D eigenvalue weighted by Gasteiger charge is 2.12. The minimum absolute atomic E-state index is 0.289. The molecule has 0 atom stereocenters. The third-order valence-electron chi connectivity index (χ3n) is 5.38. The van der Waals surface area contributed by atoms with Gasteiger partial charge in [-0.1, -0.05) is 39.7 Å². The molecule has 0 spiro atoms.